The van der Waals surface area contributed by atoms with E-state index in [0.29, 0.717) is 11.3 Å². The van der Waals surface area contributed by atoms with Gasteiger partial charge in [0.05, 0.1) is 11.7 Å². The van der Waals surface area contributed by atoms with Crippen LogP contribution in [0.4, 0.5) is 13.2 Å². The number of carbonyl (C=O) groups is 1. The van der Waals surface area contributed by atoms with Crippen LogP contribution in [0.15, 0.2) is 30.3 Å². The van der Waals surface area contributed by atoms with Gasteiger partial charge in [-0.15, -0.1) is 5.10 Å². The highest BCUT2D eigenvalue weighted by Crippen LogP contribution is 2.24. The zero-order valence-electron chi connectivity index (χ0n) is 15.0. The average molecular weight is 381 g/mol. The van der Waals surface area contributed by atoms with Gasteiger partial charge in [0.25, 0.3) is 5.91 Å². The Hall–Kier alpha value is -2.42. The summed E-state index contributed by atoms with van der Waals surface area (Å²) in [5.74, 6) is -0.856. The van der Waals surface area contributed by atoms with Crippen molar-refractivity contribution < 1.29 is 18.0 Å². The second kappa shape index (κ2) is 8.08. The van der Waals surface area contributed by atoms with Crippen LogP contribution in [0.5, 0.6) is 0 Å². The van der Waals surface area contributed by atoms with Crippen molar-refractivity contribution in [2.75, 3.05) is 13.1 Å². The van der Waals surface area contributed by atoms with Crippen molar-refractivity contribution in [2.24, 2.45) is 0 Å². The number of nitrogens with one attached hydrogen (secondary N) is 2. The molecular formula is C18H22F3N5O. The fraction of sp³-hybridized carbons (Fsp3) is 0.500. The molecule has 9 heteroatoms. The van der Waals surface area contributed by atoms with Gasteiger partial charge in [-0.25, -0.2) is 4.68 Å². The molecule has 1 fully saturated rings. The normalized spacial score (nSPS) is 16.9. The molecule has 1 aliphatic heterocycles. The predicted molar refractivity (Wildman–Crippen MR) is 93.4 cm³/mol. The van der Waals surface area contributed by atoms with Gasteiger partial charge in [-0.2, -0.15) is 13.2 Å². The highest BCUT2D eigenvalue weighted by atomic mass is 19.4. The minimum Gasteiger partial charge on any atom is -0.339 e. The highest BCUT2D eigenvalue weighted by Gasteiger charge is 2.41. The quantitative estimate of drug-likeness (QED) is 0.835. The first-order valence-electron chi connectivity index (χ1n) is 8.90. The van der Waals surface area contributed by atoms with Crippen molar-refractivity contribution in [3.05, 3.63) is 47.3 Å². The molecule has 1 aromatic carbocycles. The van der Waals surface area contributed by atoms with Crippen LogP contribution in [0.25, 0.3) is 0 Å². The van der Waals surface area contributed by atoms with Gasteiger partial charge in [0, 0.05) is 6.42 Å². The first-order valence-corrected chi connectivity index (χ1v) is 8.90. The summed E-state index contributed by atoms with van der Waals surface area (Å²) < 4.78 is 41.9. The van der Waals surface area contributed by atoms with Gasteiger partial charge in [-0.1, -0.05) is 35.5 Å². The molecule has 0 aliphatic carbocycles. The standard InChI is InChI=1S/C18H22F3N5O/c1-12-16(24-25-26(12)14-7-9-22-10-8-14)17(27)23-15(18(19,20)21)11-13-5-3-2-4-6-13/h2-6,14-15,22H,7-11H2,1H3,(H,23,27). The maximum absolute atomic E-state index is 13.4. The van der Waals surface area contributed by atoms with Crippen molar-refractivity contribution in [1.29, 1.82) is 0 Å². The van der Waals surface area contributed by atoms with E-state index in [1.165, 1.54) is 0 Å². The molecule has 0 radical (unpaired) electrons. The molecular weight excluding hydrogens is 359 g/mol. The molecule has 6 nitrogen and oxygen atoms in total. The van der Waals surface area contributed by atoms with Crippen LogP contribution in [0.3, 0.4) is 0 Å². The Morgan fingerprint density at radius 3 is 2.59 bits per heavy atom. The Bertz CT molecular complexity index is 769. The number of hydrogen-bond acceptors (Lipinski definition) is 4. The minimum atomic E-state index is -4.57. The number of alkyl halides is 3. The van der Waals surface area contributed by atoms with E-state index < -0.39 is 18.1 Å². The molecule has 3 rings (SSSR count). The smallest absolute Gasteiger partial charge is 0.339 e. The number of carbonyl (C=O) groups excluding carboxylic acids is 1. The Balaban J connectivity index is 1.75. The van der Waals surface area contributed by atoms with Crippen LogP contribution >= 0.6 is 0 Å². The van der Waals surface area contributed by atoms with Crippen LogP contribution in [-0.2, 0) is 6.42 Å². The zero-order chi connectivity index (χ0) is 19.4. The van der Waals surface area contributed by atoms with E-state index in [4.69, 9.17) is 0 Å². The summed E-state index contributed by atoms with van der Waals surface area (Å²) in [4.78, 5) is 12.5. The van der Waals surface area contributed by atoms with Gasteiger partial charge in [-0.05, 0) is 38.4 Å². The number of aromatic nitrogens is 3. The van der Waals surface area contributed by atoms with Crippen LogP contribution in [0, 0.1) is 6.92 Å². The van der Waals surface area contributed by atoms with E-state index in [1.54, 1.807) is 41.9 Å². The van der Waals surface area contributed by atoms with E-state index >= 15 is 0 Å². The minimum absolute atomic E-state index is 0.0594. The topological polar surface area (TPSA) is 71.8 Å². The molecule has 27 heavy (non-hydrogen) atoms. The molecule has 1 amide bonds. The number of amides is 1. The summed E-state index contributed by atoms with van der Waals surface area (Å²) >= 11 is 0. The lowest BCUT2D eigenvalue weighted by Gasteiger charge is -2.23. The Morgan fingerprint density at radius 2 is 1.96 bits per heavy atom. The van der Waals surface area contributed by atoms with E-state index in [9.17, 15) is 18.0 Å². The molecule has 146 valence electrons. The highest BCUT2D eigenvalue weighted by molar-refractivity contribution is 5.93. The molecule has 1 aliphatic rings. The van der Waals surface area contributed by atoms with Crippen molar-refractivity contribution in [1.82, 2.24) is 25.6 Å². The Morgan fingerprint density at radius 1 is 1.30 bits per heavy atom. The number of piperidine rings is 1. The average Bonchev–Trinajstić information content (AvgIpc) is 3.03. The second-order valence-electron chi connectivity index (χ2n) is 6.71. The monoisotopic (exact) mass is 381 g/mol. The fourth-order valence-corrected chi connectivity index (χ4v) is 3.27. The molecule has 0 bridgehead atoms. The van der Waals surface area contributed by atoms with Crippen molar-refractivity contribution in [2.45, 2.75) is 44.4 Å². The zero-order valence-corrected chi connectivity index (χ0v) is 15.0. The first kappa shape index (κ1) is 19.3. The van der Waals surface area contributed by atoms with Crippen molar-refractivity contribution in [3.8, 4) is 0 Å². The number of hydrogen-bond donors (Lipinski definition) is 2. The fourth-order valence-electron chi connectivity index (χ4n) is 3.27. The third-order valence-electron chi connectivity index (χ3n) is 4.78. The van der Waals surface area contributed by atoms with Gasteiger partial charge < -0.3 is 10.6 Å². The van der Waals surface area contributed by atoms with E-state index in [1.807, 2.05) is 0 Å². The third-order valence-corrected chi connectivity index (χ3v) is 4.78. The maximum atomic E-state index is 13.4. The SMILES string of the molecule is Cc1c(C(=O)NC(Cc2ccccc2)C(F)(F)F)nnn1C1CCNCC1. The van der Waals surface area contributed by atoms with Gasteiger partial charge in [0.1, 0.15) is 6.04 Å². The van der Waals surface area contributed by atoms with Crippen molar-refractivity contribution >= 4 is 5.91 Å². The number of halogens is 3. The van der Waals surface area contributed by atoms with E-state index in [-0.39, 0.29) is 18.2 Å². The van der Waals surface area contributed by atoms with Crippen molar-refractivity contribution in [3.63, 3.8) is 0 Å². The second-order valence-corrected chi connectivity index (χ2v) is 6.71. The molecule has 1 aromatic heterocycles. The Labute approximate surface area is 155 Å². The van der Waals surface area contributed by atoms with Crippen LogP contribution in [-0.4, -0.2) is 46.2 Å². The van der Waals surface area contributed by atoms with Gasteiger partial charge in [-0.3, -0.25) is 4.79 Å². The van der Waals surface area contributed by atoms with Crippen LogP contribution in [0.2, 0.25) is 0 Å². The lowest BCUT2D eigenvalue weighted by atomic mass is 10.1. The van der Waals surface area contributed by atoms with Gasteiger partial charge in [0.2, 0.25) is 0 Å². The number of nitrogens with zero attached hydrogens (tertiary/aromatic N) is 3. The molecule has 1 saturated heterocycles. The Kier molecular flexibility index (Phi) is 5.79. The molecule has 2 aromatic rings. The first-order chi connectivity index (χ1) is 12.9. The lowest BCUT2D eigenvalue weighted by Crippen LogP contribution is -2.47. The van der Waals surface area contributed by atoms with Crippen LogP contribution < -0.4 is 10.6 Å². The van der Waals surface area contributed by atoms with Crippen LogP contribution in [0.1, 0.15) is 40.6 Å². The number of benzene rings is 1. The summed E-state index contributed by atoms with van der Waals surface area (Å²) in [5.41, 5.74) is 0.922. The van der Waals surface area contributed by atoms with E-state index in [0.717, 1.165) is 25.9 Å². The molecule has 0 spiro atoms. The van der Waals surface area contributed by atoms with E-state index in [2.05, 4.69) is 20.9 Å². The summed E-state index contributed by atoms with van der Waals surface area (Å²) in [5, 5.41) is 13.2. The maximum Gasteiger partial charge on any atom is 0.408 e. The van der Waals surface area contributed by atoms with Gasteiger partial charge in [0.15, 0.2) is 5.69 Å². The molecule has 1 unspecified atom stereocenters. The largest absolute Gasteiger partial charge is 0.408 e. The summed E-state index contributed by atoms with van der Waals surface area (Å²) in [6, 6.07) is 6.37. The summed E-state index contributed by atoms with van der Waals surface area (Å²) in [7, 11) is 0. The molecule has 1 atom stereocenters. The molecule has 0 saturated carbocycles. The molecule has 2 N–H and O–H groups in total. The summed E-state index contributed by atoms with van der Waals surface area (Å²) in [6.07, 6.45) is -3.23. The van der Waals surface area contributed by atoms with Gasteiger partial charge >= 0.3 is 6.18 Å². The predicted octanol–water partition coefficient (Wildman–Crippen LogP) is 2.41. The lowest BCUT2D eigenvalue weighted by molar-refractivity contribution is -0.153. The number of rotatable bonds is 5. The molecule has 2 heterocycles. The summed E-state index contributed by atoms with van der Waals surface area (Å²) in [6.45, 7) is 3.33. The third kappa shape index (κ3) is 4.65.